The second-order valence-electron chi connectivity index (χ2n) is 36.7. The third kappa shape index (κ3) is 19.2. The Bertz CT molecular complexity index is 8730. The molecule has 686 valence electrons. The minimum atomic E-state index is 1.11. The molecule has 3 nitrogen and oxygen atoms in total. The fraction of sp³-hybridized carbons (Fsp3) is 0.00719. The summed E-state index contributed by atoms with van der Waals surface area (Å²) >= 11 is 5.59. The molecule has 0 atom stereocenters. The molecule has 0 bridgehead atoms. The Morgan fingerprint density at radius 3 is 0.434 bits per heavy atom. The van der Waals surface area contributed by atoms with Crippen molar-refractivity contribution in [3.05, 3.63) is 576 Å². The van der Waals surface area contributed by atoms with Crippen molar-refractivity contribution >= 4 is 146 Å². The van der Waals surface area contributed by atoms with Crippen LogP contribution in [0.5, 0.6) is 0 Å². The largest absolute Gasteiger partial charge is 0.311 e. The quantitative estimate of drug-likeness (QED) is 0.0753. The number of thiophene rings is 3. The van der Waals surface area contributed by atoms with Crippen LogP contribution < -0.4 is 14.7 Å². The van der Waals surface area contributed by atoms with E-state index in [2.05, 4.69) is 592 Å². The molecule has 26 rings (SSSR count). The van der Waals surface area contributed by atoms with Crippen LogP contribution in [0.15, 0.2) is 570 Å². The molecule has 3 aromatic heterocycles. The van der Waals surface area contributed by atoms with E-state index in [1.54, 1.807) is 0 Å². The number of aryl methyl sites for hydroxylation is 1. The molecule has 0 aliphatic rings. The Hall–Kier alpha value is -17.9. The van der Waals surface area contributed by atoms with Crippen LogP contribution in [0.4, 0.5) is 51.2 Å². The number of hydrogen-bond donors (Lipinski definition) is 0. The summed E-state index contributed by atoms with van der Waals surface area (Å²) in [6.07, 6.45) is 0. The summed E-state index contributed by atoms with van der Waals surface area (Å²) in [5.41, 5.74) is 38.2. The van der Waals surface area contributed by atoms with Gasteiger partial charge in [-0.2, -0.15) is 0 Å². The molecule has 6 heteroatoms. The zero-order valence-electron chi connectivity index (χ0n) is 79.8. The van der Waals surface area contributed by atoms with Gasteiger partial charge in [-0.1, -0.05) is 400 Å². The topological polar surface area (TPSA) is 9.72 Å². The molecule has 3 heterocycles. The average Bonchev–Trinajstić information content (AvgIpc) is 1.60. The number of hydrogen-bond acceptors (Lipinski definition) is 6. The first-order valence-electron chi connectivity index (χ1n) is 49.3. The highest BCUT2D eigenvalue weighted by Crippen LogP contribution is 2.47. The molecule has 0 aliphatic heterocycles. The SMILES string of the molecule is Cc1ccc(-c2ccc3sc4ccc(-c5ccc(N(c6ccc(-c7ccccc7)cc6)c6ccc(-c7ccccc7)cc6)cc5)cc4c3c2)cc1.c1ccc(-c2ccc(N(c3ccc(-c4ccccc4)cc3)c3ccc(-c4ccc5sc6ccc(-c7ccccc7)cc6c5c4)cc3)cc2)cc1.c1ccc(-c2ccc(N(c3ccc(-c4ccccc4)cc3)c3ccc(-c4ccc5sc6ccccc6c5c4)cc3)cc2)cc1. The minimum Gasteiger partial charge on any atom is -0.311 e. The fourth-order valence-electron chi connectivity index (χ4n) is 19.9. The molecular weight excluding hydrogens is 1810 g/mol. The number of benzene rings is 23. The predicted molar refractivity (Wildman–Crippen MR) is 627 cm³/mol. The van der Waals surface area contributed by atoms with Crippen LogP contribution in [0.1, 0.15) is 5.56 Å². The zero-order valence-corrected chi connectivity index (χ0v) is 82.3. The van der Waals surface area contributed by atoms with Gasteiger partial charge in [0.15, 0.2) is 0 Å². The first-order valence-corrected chi connectivity index (χ1v) is 51.8. The van der Waals surface area contributed by atoms with Crippen LogP contribution in [0.3, 0.4) is 0 Å². The molecule has 0 radical (unpaired) electrons. The summed E-state index contributed by atoms with van der Waals surface area (Å²) in [7, 11) is 0. The summed E-state index contributed by atoms with van der Waals surface area (Å²) in [4.78, 5) is 7.02. The van der Waals surface area contributed by atoms with Crippen LogP contribution in [-0.4, -0.2) is 0 Å². The summed E-state index contributed by atoms with van der Waals surface area (Å²) in [5.74, 6) is 0. The van der Waals surface area contributed by atoms with Gasteiger partial charge in [-0.25, -0.2) is 0 Å². The first kappa shape index (κ1) is 89.7. The molecule has 0 amide bonds. The molecule has 0 unspecified atom stereocenters. The maximum Gasteiger partial charge on any atom is 0.0462 e. The highest BCUT2D eigenvalue weighted by atomic mass is 32.1. The normalized spacial score (nSPS) is 11.2. The van der Waals surface area contributed by atoms with Crippen molar-refractivity contribution in [2.24, 2.45) is 0 Å². The molecule has 0 spiro atoms. The van der Waals surface area contributed by atoms with E-state index in [1.807, 2.05) is 34.0 Å². The van der Waals surface area contributed by atoms with Crippen LogP contribution in [0, 0.1) is 6.92 Å². The second-order valence-corrected chi connectivity index (χ2v) is 40.0. The van der Waals surface area contributed by atoms with Gasteiger partial charge >= 0.3 is 0 Å². The van der Waals surface area contributed by atoms with Crippen LogP contribution in [-0.2, 0) is 0 Å². The maximum atomic E-state index is 2.37. The minimum absolute atomic E-state index is 1.11. The molecule has 0 saturated carbocycles. The molecule has 145 heavy (non-hydrogen) atoms. The van der Waals surface area contributed by atoms with E-state index in [-0.39, 0.29) is 0 Å². The van der Waals surface area contributed by atoms with Crippen LogP contribution >= 0.6 is 34.0 Å². The molecule has 26 aromatic rings. The van der Waals surface area contributed by atoms with Crippen LogP contribution in [0.25, 0.3) is 183 Å². The molecular formula is C139H97N3S3. The summed E-state index contributed by atoms with van der Waals surface area (Å²) in [5, 5.41) is 7.90. The maximum absolute atomic E-state index is 2.37. The molecule has 0 N–H and O–H groups in total. The van der Waals surface area contributed by atoms with Gasteiger partial charge in [-0.05, 0) is 305 Å². The van der Waals surface area contributed by atoms with E-state index < -0.39 is 0 Å². The van der Waals surface area contributed by atoms with Gasteiger partial charge < -0.3 is 14.7 Å². The number of nitrogens with zero attached hydrogens (tertiary/aromatic N) is 3. The first-order chi connectivity index (χ1) is 71.7. The van der Waals surface area contributed by atoms with Crippen molar-refractivity contribution in [3.8, 4) is 122 Å². The van der Waals surface area contributed by atoms with E-state index >= 15 is 0 Å². The third-order valence-corrected chi connectivity index (χ3v) is 31.0. The van der Waals surface area contributed by atoms with Gasteiger partial charge in [0.25, 0.3) is 0 Å². The lowest BCUT2D eigenvalue weighted by molar-refractivity contribution is 1.28. The van der Waals surface area contributed by atoms with Gasteiger partial charge in [-0.3, -0.25) is 0 Å². The Morgan fingerprint density at radius 1 is 0.110 bits per heavy atom. The van der Waals surface area contributed by atoms with E-state index in [0.29, 0.717) is 0 Å². The lowest BCUT2D eigenvalue weighted by Gasteiger charge is -2.26. The monoisotopic (exact) mass is 1900 g/mol. The van der Waals surface area contributed by atoms with Gasteiger partial charge in [0, 0.05) is 112 Å². The predicted octanol–water partition coefficient (Wildman–Crippen LogP) is 41.2. The van der Waals surface area contributed by atoms with Gasteiger partial charge in [0.1, 0.15) is 0 Å². The van der Waals surface area contributed by atoms with Gasteiger partial charge in [0.2, 0.25) is 0 Å². The van der Waals surface area contributed by atoms with E-state index in [9.17, 15) is 0 Å². The Labute approximate surface area is 858 Å². The average molecular weight is 1910 g/mol. The molecule has 0 aliphatic carbocycles. The highest BCUT2D eigenvalue weighted by Gasteiger charge is 2.22. The number of rotatable bonds is 20. The van der Waals surface area contributed by atoms with E-state index in [1.165, 1.54) is 188 Å². The smallest absolute Gasteiger partial charge is 0.0462 e. The van der Waals surface area contributed by atoms with Crippen molar-refractivity contribution in [3.63, 3.8) is 0 Å². The van der Waals surface area contributed by atoms with Crippen molar-refractivity contribution in [2.45, 2.75) is 6.92 Å². The Morgan fingerprint density at radius 2 is 0.241 bits per heavy atom. The van der Waals surface area contributed by atoms with E-state index in [4.69, 9.17) is 0 Å². The zero-order chi connectivity index (χ0) is 96.7. The lowest BCUT2D eigenvalue weighted by atomic mass is 9.99. The standard InChI is InChI=1S/C49H35NS.C48H33NS.C42H29NS/c1-34-12-14-39(15-13-34)41-22-30-48-46(32-41)47-33-42(23-31-49(47)51-48)40-20-28-45(29-21-40)50(43-24-16-37(17-25-43)35-8-4-2-5-9-35)44-26-18-38(19-27-44)36-10-6-3-7-11-36;1-4-10-34(11-5-1)37-16-24-42(25-17-37)49(43-26-18-38(19-27-43)35-12-6-2-7-13-35)44-28-20-39(21-29-44)41-23-31-48-46(33-41)45-32-40(22-30-47(45)50-48)36-14-8-3-9-15-36;1-3-9-30(10-4-1)32-15-22-36(23-16-32)43(37-24-17-33(18-25-37)31-11-5-2-6-12-31)38-26-19-34(20-27-38)35-21-28-42-40(29-35)39-13-7-8-14-41(39)44-42/h2-33H,1H3;1-33H;1-29H. The van der Waals surface area contributed by atoms with Crippen LogP contribution in [0.2, 0.25) is 0 Å². The highest BCUT2D eigenvalue weighted by molar-refractivity contribution is 7.26. The summed E-state index contributed by atoms with van der Waals surface area (Å²) in [6.45, 7) is 2.14. The Balaban J connectivity index is 0.000000117. The van der Waals surface area contributed by atoms with E-state index in [0.717, 1.165) is 51.2 Å². The van der Waals surface area contributed by atoms with Gasteiger partial charge in [0.05, 0.1) is 0 Å². The summed E-state index contributed by atoms with van der Waals surface area (Å²) in [6, 6.07) is 206. The van der Waals surface area contributed by atoms with Gasteiger partial charge in [-0.15, -0.1) is 34.0 Å². The fourth-order valence-corrected chi connectivity index (χ4v) is 23.1. The van der Waals surface area contributed by atoms with Crippen molar-refractivity contribution in [1.82, 2.24) is 0 Å². The lowest BCUT2D eigenvalue weighted by Crippen LogP contribution is -2.09. The molecule has 23 aromatic carbocycles. The second kappa shape index (κ2) is 40.7. The van der Waals surface area contributed by atoms with Crippen molar-refractivity contribution in [2.75, 3.05) is 14.7 Å². The number of anilines is 9. The van der Waals surface area contributed by atoms with Crippen molar-refractivity contribution < 1.29 is 0 Å². The Kier molecular flexibility index (Phi) is 25.2. The summed E-state index contributed by atoms with van der Waals surface area (Å²) < 4.78 is 7.93. The number of fused-ring (bicyclic) bond motifs is 9. The molecule has 0 saturated heterocycles. The third-order valence-electron chi connectivity index (χ3n) is 27.6. The molecule has 0 fully saturated rings. The van der Waals surface area contributed by atoms with Crippen molar-refractivity contribution in [1.29, 1.82) is 0 Å².